The van der Waals surface area contributed by atoms with Gasteiger partial charge in [0.15, 0.2) is 0 Å². The lowest BCUT2D eigenvalue weighted by molar-refractivity contribution is -0.140. The molecule has 0 aromatic heterocycles. The lowest BCUT2D eigenvalue weighted by Crippen LogP contribution is -2.49. The number of hydrogen-bond donors (Lipinski definition) is 1. The summed E-state index contributed by atoms with van der Waals surface area (Å²) in [6, 6.07) is 17.6. The molecule has 0 aliphatic heterocycles. The van der Waals surface area contributed by atoms with Crippen LogP contribution in [0.2, 0.25) is 0 Å². The number of benzene rings is 2. The van der Waals surface area contributed by atoms with Crippen molar-refractivity contribution in [2.45, 2.75) is 51.6 Å². The summed E-state index contributed by atoms with van der Waals surface area (Å²) in [5, 5.41) is 2.92. The monoisotopic (exact) mass is 476 g/mol. The van der Waals surface area contributed by atoms with E-state index in [-0.39, 0.29) is 17.9 Å². The molecule has 2 aromatic carbocycles. The number of rotatable bonds is 10. The zero-order valence-electron chi connectivity index (χ0n) is 17.2. The van der Waals surface area contributed by atoms with E-state index in [4.69, 9.17) is 0 Å². The van der Waals surface area contributed by atoms with Crippen molar-refractivity contribution in [2.24, 2.45) is 0 Å². The second kappa shape index (κ2) is 12.0. The second-order valence-corrected chi connectivity index (χ2v) is 9.30. The Kier molecular flexibility index (Phi) is 9.74. The van der Waals surface area contributed by atoms with Crippen LogP contribution in [0.5, 0.6) is 0 Å². The highest BCUT2D eigenvalue weighted by Crippen LogP contribution is 2.17. The van der Waals surface area contributed by atoms with E-state index in [0.29, 0.717) is 13.0 Å². The van der Waals surface area contributed by atoms with Crippen LogP contribution >= 0.6 is 27.7 Å². The standard InChI is InChI=1S/C23H29BrN2O2S/c1-17(2)25-23(28)18(3)26(15-19-9-11-21(24)12-10-19)22(27)13-14-29-16-20-7-5-4-6-8-20/h4-12,17-18H,13-16H2,1-3H3,(H,25,28)/t18-/m1/s1. The molecule has 156 valence electrons. The van der Waals surface area contributed by atoms with E-state index in [2.05, 4.69) is 33.4 Å². The predicted octanol–water partition coefficient (Wildman–Crippen LogP) is 5.01. The van der Waals surface area contributed by atoms with Gasteiger partial charge in [0.25, 0.3) is 0 Å². The van der Waals surface area contributed by atoms with Crippen LogP contribution in [-0.2, 0) is 21.9 Å². The minimum Gasteiger partial charge on any atom is -0.352 e. The van der Waals surface area contributed by atoms with Crippen molar-refractivity contribution in [1.29, 1.82) is 0 Å². The highest BCUT2D eigenvalue weighted by Gasteiger charge is 2.26. The Labute approximate surface area is 186 Å². The number of carbonyl (C=O) groups is 2. The van der Waals surface area contributed by atoms with Crippen molar-refractivity contribution < 1.29 is 9.59 Å². The Morgan fingerprint density at radius 3 is 2.28 bits per heavy atom. The van der Waals surface area contributed by atoms with Gasteiger partial charge in [-0.15, -0.1) is 0 Å². The largest absolute Gasteiger partial charge is 0.352 e. The smallest absolute Gasteiger partial charge is 0.242 e. The molecule has 0 aliphatic rings. The zero-order chi connectivity index (χ0) is 21.2. The van der Waals surface area contributed by atoms with Gasteiger partial charge < -0.3 is 10.2 Å². The highest BCUT2D eigenvalue weighted by molar-refractivity contribution is 9.10. The van der Waals surface area contributed by atoms with Gasteiger partial charge in [-0.05, 0) is 44.0 Å². The zero-order valence-corrected chi connectivity index (χ0v) is 19.6. The van der Waals surface area contributed by atoms with Crippen LogP contribution < -0.4 is 5.32 Å². The average Bonchev–Trinajstić information content (AvgIpc) is 2.70. The first-order valence-corrected chi connectivity index (χ1v) is 11.8. The molecule has 6 heteroatoms. The molecule has 0 aliphatic carbocycles. The molecule has 0 fully saturated rings. The molecule has 0 spiro atoms. The number of carbonyl (C=O) groups excluding carboxylic acids is 2. The SMILES string of the molecule is CC(C)NC(=O)[C@@H](C)N(Cc1ccc(Br)cc1)C(=O)CCSCc1ccccc1. The van der Waals surface area contributed by atoms with Gasteiger partial charge in [-0.25, -0.2) is 0 Å². The topological polar surface area (TPSA) is 49.4 Å². The number of hydrogen-bond acceptors (Lipinski definition) is 3. The number of halogens is 1. The van der Waals surface area contributed by atoms with E-state index in [9.17, 15) is 9.59 Å². The second-order valence-electron chi connectivity index (χ2n) is 7.28. The van der Waals surface area contributed by atoms with Gasteiger partial charge in [-0.2, -0.15) is 11.8 Å². The van der Waals surface area contributed by atoms with Gasteiger partial charge in [0.1, 0.15) is 6.04 Å². The Morgan fingerprint density at radius 1 is 1.00 bits per heavy atom. The van der Waals surface area contributed by atoms with E-state index in [0.717, 1.165) is 21.5 Å². The fourth-order valence-electron chi connectivity index (χ4n) is 2.84. The van der Waals surface area contributed by atoms with Crippen LogP contribution in [0.1, 0.15) is 38.3 Å². The molecule has 0 heterocycles. The Hall–Kier alpha value is -1.79. The van der Waals surface area contributed by atoms with Crippen molar-refractivity contribution in [2.75, 3.05) is 5.75 Å². The molecular weight excluding hydrogens is 448 g/mol. The molecule has 2 rings (SSSR count). The molecule has 0 unspecified atom stereocenters. The summed E-state index contributed by atoms with van der Waals surface area (Å²) in [5.41, 5.74) is 2.25. The molecule has 4 nitrogen and oxygen atoms in total. The summed E-state index contributed by atoms with van der Waals surface area (Å²) in [5.74, 6) is 1.48. The maximum Gasteiger partial charge on any atom is 0.242 e. The maximum absolute atomic E-state index is 13.0. The van der Waals surface area contributed by atoms with Crippen molar-refractivity contribution in [3.8, 4) is 0 Å². The van der Waals surface area contributed by atoms with E-state index in [1.807, 2.05) is 56.3 Å². The van der Waals surface area contributed by atoms with E-state index in [1.165, 1.54) is 5.56 Å². The molecule has 1 atom stereocenters. The third-order valence-corrected chi connectivity index (χ3v) is 6.00. The molecule has 0 saturated heterocycles. The maximum atomic E-state index is 13.0. The molecule has 0 radical (unpaired) electrons. The lowest BCUT2D eigenvalue weighted by atomic mass is 10.1. The Bertz CT molecular complexity index is 781. The van der Waals surface area contributed by atoms with Gasteiger partial charge in [-0.1, -0.05) is 58.4 Å². The number of thioether (sulfide) groups is 1. The fourth-order valence-corrected chi connectivity index (χ4v) is 4.00. The van der Waals surface area contributed by atoms with E-state index < -0.39 is 6.04 Å². The first-order chi connectivity index (χ1) is 13.9. The quantitative estimate of drug-likeness (QED) is 0.490. The third kappa shape index (κ3) is 8.23. The minimum atomic E-state index is -0.521. The van der Waals surface area contributed by atoms with Crippen LogP contribution in [0.3, 0.4) is 0 Å². The summed E-state index contributed by atoms with van der Waals surface area (Å²) in [6.07, 6.45) is 0.410. The first kappa shape index (κ1) is 23.5. The Balaban J connectivity index is 1.99. The minimum absolute atomic E-state index is 0.000105. The van der Waals surface area contributed by atoms with Gasteiger partial charge >= 0.3 is 0 Å². The van der Waals surface area contributed by atoms with Crippen LogP contribution in [0.4, 0.5) is 0 Å². The van der Waals surface area contributed by atoms with Gasteiger partial charge in [0, 0.05) is 35.0 Å². The van der Waals surface area contributed by atoms with Crippen molar-refractivity contribution in [1.82, 2.24) is 10.2 Å². The summed E-state index contributed by atoms with van der Waals surface area (Å²) < 4.78 is 0.988. The summed E-state index contributed by atoms with van der Waals surface area (Å²) in [4.78, 5) is 27.2. The summed E-state index contributed by atoms with van der Waals surface area (Å²) in [7, 11) is 0. The van der Waals surface area contributed by atoms with Crippen molar-refractivity contribution in [3.63, 3.8) is 0 Å². The van der Waals surface area contributed by atoms with Crippen LogP contribution in [0.25, 0.3) is 0 Å². The third-order valence-electron chi connectivity index (χ3n) is 4.44. The van der Waals surface area contributed by atoms with Crippen molar-refractivity contribution >= 4 is 39.5 Å². The van der Waals surface area contributed by atoms with Crippen LogP contribution in [0.15, 0.2) is 59.1 Å². The first-order valence-electron chi connectivity index (χ1n) is 9.82. The molecule has 0 bridgehead atoms. The molecule has 2 amide bonds. The fraction of sp³-hybridized carbons (Fsp3) is 0.391. The van der Waals surface area contributed by atoms with Gasteiger partial charge in [0.2, 0.25) is 11.8 Å². The summed E-state index contributed by atoms with van der Waals surface area (Å²) >= 11 is 5.17. The van der Waals surface area contributed by atoms with Crippen LogP contribution in [-0.4, -0.2) is 34.6 Å². The summed E-state index contributed by atoms with van der Waals surface area (Å²) in [6.45, 7) is 6.06. The average molecular weight is 477 g/mol. The molecule has 2 aromatic rings. The predicted molar refractivity (Wildman–Crippen MR) is 125 cm³/mol. The number of nitrogens with one attached hydrogen (secondary N) is 1. The van der Waals surface area contributed by atoms with Gasteiger partial charge in [0.05, 0.1) is 0 Å². The number of nitrogens with zero attached hydrogens (tertiary/aromatic N) is 1. The van der Waals surface area contributed by atoms with Crippen LogP contribution in [0, 0.1) is 0 Å². The van der Waals surface area contributed by atoms with E-state index >= 15 is 0 Å². The molecule has 0 saturated carbocycles. The number of amides is 2. The normalized spacial score (nSPS) is 11.9. The van der Waals surface area contributed by atoms with Crippen molar-refractivity contribution in [3.05, 3.63) is 70.2 Å². The Morgan fingerprint density at radius 2 is 1.66 bits per heavy atom. The molecule has 29 heavy (non-hydrogen) atoms. The van der Waals surface area contributed by atoms with E-state index in [1.54, 1.807) is 23.6 Å². The molecular formula is C23H29BrN2O2S. The molecule has 1 N–H and O–H groups in total. The van der Waals surface area contributed by atoms with Gasteiger partial charge in [-0.3, -0.25) is 9.59 Å². The lowest BCUT2D eigenvalue weighted by Gasteiger charge is -2.29. The highest BCUT2D eigenvalue weighted by atomic mass is 79.9.